The quantitative estimate of drug-likeness (QED) is 0.411. The average Bonchev–Trinajstić information content (AvgIpc) is 2.75. The average molecular weight is 452 g/mol. The fourth-order valence-electron chi connectivity index (χ4n) is 3.25. The van der Waals surface area contributed by atoms with Gasteiger partial charge < -0.3 is 15.5 Å². The van der Waals surface area contributed by atoms with Crippen LogP contribution in [-0.2, 0) is 10.0 Å². The molecular weight excluding hydrogens is 432 g/mol. The Morgan fingerprint density at radius 1 is 1.09 bits per heavy atom. The van der Waals surface area contributed by atoms with Gasteiger partial charge in [-0.2, -0.15) is 0 Å². The molecule has 0 aliphatic heterocycles. The second-order valence-corrected chi connectivity index (χ2v) is 9.04. The van der Waals surface area contributed by atoms with Gasteiger partial charge >= 0.3 is 5.97 Å². The van der Waals surface area contributed by atoms with Gasteiger partial charge in [-0.05, 0) is 48.7 Å². The number of carboxylic acid groups (broad SMARTS) is 1. The van der Waals surface area contributed by atoms with Crippen LogP contribution in [0.1, 0.15) is 23.7 Å². The highest BCUT2D eigenvalue weighted by atomic mass is 32.2. The van der Waals surface area contributed by atoms with E-state index in [-0.39, 0.29) is 33.7 Å². The van der Waals surface area contributed by atoms with Crippen molar-refractivity contribution in [1.82, 2.24) is 9.97 Å². The van der Waals surface area contributed by atoms with Crippen molar-refractivity contribution in [2.24, 2.45) is 5.92 Å². The number of rotatable bonds is 6. The summed E-state index contributed by atoms with van der Waals surface area (Å²) in [7, 11) is -3.93. The van der Waals surface area contributed by atoms with Crippen LogP contribution >= 0.6 is 0 Å². The molecule has 0 radical (unpaired) electrons. The van der Waals surface area contributed by atoms with Crippen LogP contribution < -0.4 is 10.0 Å². The Labute approximate surface area is 184 Å². The van der Waals surface area contributed by atoms with Gasteiger partial charge in [0.25, 0.3) is 10.0 Å². The first-order valence-electron chi connectivity index (χ1n) is 9.74. The number of phenols is 1. The summed E-state index contributed by atoms with van der Waals surface area (Å²) in [4.78, 5) is 20.3. The van der Waals surface area contributed by atoms with E-state index in [2.05, 4.69) is 20.0 Å². The monoisotopic (exact) mass is 452 g/mol. The zero-order valence-corrected chi connectivity index (χ0v) is 17.8. The van der Waals surface area contributed by atoms with Gasteiger partial charge in [0.1, 0.15) is 11.3 Å². The minimum absolute atomic E-state index is 0.0406. The molecule has 1 atom stereocenters. The van der Waals surface area contributed by atoms with Crippen LogP contribution in [0.25, 0.3) is 11.0 Å². The lowest BCUT2D eigenvalue weighted by atomic mass is 10.0. The molecule has 0 bridgehead atoms. The number of benzene rings is 2. The van der Waals surface area contributed by atoms with Crippen LogP contribution in [-0.4, -0.2) is 34.6 Å². The van der Waals surface area contributed by atoms with Crippen molar-refractivity contribution >= 4 is 44.3 Å². The van der Waals surface area contributed by atoms with Crippen LogP contribution in [0.15, 0.2) is 65.6 Å². The topological polar surface area (TPSA) is 142 Å². The molecule has 10 heteroatoms. The first-order chi connectivity index (χ1) is 15.2. The maximum absolute atomic E-state index is 13.0. The van der Waals surface area contributed by atoms with E-state index in [1.54, 1.807) is 42.5 Å². The van der Waals surface area contributed by atoms with Gasteiger partial charge in [0, 0.05) is 5.69 Å². The smallest absolute Gasteiger partial charge is 0.339 e. The number of anilines is 3. The Bertz CT molecular complexity index is 1380. The van der Waals surface area contributed by atoms with E-state index in [4.69, 9.17) is 0 Å². The van der Waals surface area contributed by atoms with Crippen LogP contribution in [0.5, 0.6) is 5.75 Å². The number of nitrogens with zero attached hydrogens (tertiary/aromatic N) is 2. The van der Waals surface area contributed by atoms with Gasteiger partial charge in [-0.25, -0.2) is 23.2 Å². The summed E-state index contributed by atoms with van der Waals surface area (Å²) in [6.07, 6.45) is 5.77. The second-order valence-electron chi connectivity index (χ2n) is 7.36. The number of hydrogen-bond acceptors (Lipinski definition) is 7. The van der Waals surface area contributed by atoms with Crippen LogP contribution in [0.2, 0.25) is 0 Å². The summed E-state index contributed by atoms with van der Waals surface area (Å²) in [5.41, 5.74) is 0.975. The van der Waals surface area contributed by atoms with Crippen molar-refractivity contribution < 1.29 is 23.4 Å². The number of aromatic nitrogens is 2. The van der Waals surface area contributed by atoms with E-state index in [9.17, 15) is 23.4 Å². The van der Waals surface area contributed by atoms with E-state index in [1.807, 2.05) is 6.92 Å². The number of allylic oxidation sites excluding steroid dienone is 3. The number of para-hydroxylation sites is 2. The van der Waals surface area contributed by atoms with Crippen molar-refractivity contribution in [3.63, 3.8) is 0 Å². The van der Waals surface area contributed by atoms with Gasteiger partial charge in [0.2, 0.25) is 0 Å². The maximum Gasteiger partial charge on any atom is 0.339 e. The Morgan fingerprint density at radius 2 is 1.78 bits per heavy atom. The zero-order chi connectivity index (χ0) is 22.9. The highest BCUT2D eigenvalue weighted by molar-refractivity contribution is 7.96. The Kier molecular flexibility index (Phi) is 5.54. The Balaban J connectivity index is 1.77. The van der Waals surface area contributed by atoms with Crippen molar-refractivity contribution in [3.8, 4) is 5.75 Å². The summed E-state index contributed by atoms with van der Waals surface area (Å²) in [5, 5.41) is 21.9. The molecule has 1 aromatic heterocycles. The predicted molar refractivity (Wildman–Crippen MR) is 121 cm³/mol. The first kappa shape index (κ1) is 21.3. The fraction of sp³-hybridized carbons (Fsp3) is 0.136. The normalized spacial score (nSPS) is 15.9. The highest BCUT2D eigenvalue weighted by Gasteiger charge is 2.22. The van der Waals surface area contributed by atoms with E-state index in [0.29, 0.717) is 11.0 Å². The van der Waals surface area contributed by atoms with Gasteiger partial charge in [0.05, 0.1) is 15.9 Å². The number of nitrogens with one attached hydrogen (secondary N) is 2. The third-order valence-electron chi connectivity index (χ3n) is 4.84. The Hall–Kier alpha value is -3.92. The largest absolute Gasteiger partial charge is 0.507 e. The van der Waals surface area contributed by atoms with E-state index in [1.165, 1.54) is 18.2 Å². The van der Waals surface area contributed by atoms with Crippen LogP contribution in [0.3, 0.4) is 0 Å². The Morgan fingerprint density at radius 3 is 2.44 bits per heavy atom. The van der Waals surface area contributed by atoms with Crippen LogP contribution in [0, 0.1) is 5.92 Å². The number of fused-ring (bicyclic) bond motifs is 1. The minimum atomic E-state index is -3.93. The molecule has 2 aromatic carbocycles. The molecule has 0 spiro atoms. The standard InChI is InChI=1S/C22H20N4O5S/c1-13-5-4-6-15(11-13)32(30,31)26-21-20(24-17-7-2-3-8-18(17)25-21)23-14-9-10-19(27)16(12-14)22(28)29/h2-4,6-13,27H,5H2,1H3,(H,23,24)(H,25,26)(H,28,29). The molecule has 4 N–H and O–H groups in total. The molecule has 32 heavy (non-hydrogen) atoms. The summed E-state index contributed by atoms with van der Waals surface area (Å²) < 4.78 is 28.5. The summed E-state index contributed by atoms with van der Waals surface area (Å²) >= 11 is 0. The van der Waals surface area contributed by atoms with Gasteiger partial charge in [-0.3, -0.25) is 4.72 Å². The lowest BCUT2D eigenvalue weighted by Crippen LogP contribution is -2.18. The molecule has 3 aromatic rings. The maximum atomic E-state index is 13.0. The summed E-state index contributed by atoms with van der Waals surface area (Å²) in [6.45, 7) is 1.92. The number of aromatic carboxylic acids is 1. The fourth-order valence-corrected chi connectivity index (χ4v) is 4.45. The number of aromatic hydroxyl groups is 1. The summed E-state index contributed by atoms with van der Waals surface area (Å²) in [5.74, 6) is -1.57. The minimum Gasteiger partial charge on any atom is -0.507 e. The molecule has 0 amide bonds. The highest BCUT2D eigenvalue weighted by Crippen LogP contribution is 2.30. The third-order valence-corrected chi connectivity index (χ3v) is 6.20. The summed E-state index contributed by atoms with van der Waals surface area (Å²) in [6, 6.07) is 10.9. The number of carbonyl (C=O) groups is 1. The van der Waals surface area contributed by atoms with Crippen molar-refractivity contribution in [2.75, 3.05) is 10.0 Å². The zero-order valence-electron chi connectivity index (χ0n) is 17.0. The molecule has 1 unspecified atom stereocenters. The lowest BCUT2D eigenvalue weighted by molar-refractivity contribution is 0.0693. The molecule has 0 saturated heterocycles. The molecule has 0 fully saturated rings. The van der Waals surface area contributed by atoms with Crippen molar-refractivity contribution in [3.05, 3.63) is 71.2 Å². The number of hydrogen-bond donors (Lipinski definition) is 4. The molecule has 1 heterocycles. The lowest BCUT2D eigenvalue weighted by Gasteiger charge is -2.16. The van der Waals surface area contributed by atoms with Crippen molar-refractivity contribution in [1.29, 1.82) is 0 Å². The second kappa shape index (κ2) is 8.31. The van der Waals surface area contributed by atoms with Crippen molar-refractivity contribution in [2.45, 2.75) is 13.3 Å². The molecule has 1 aliphatic rings. The van der Waals surface area contributed by atoms with Gasteiger partial charge in [-0.15, -0.1) is 0 Å². The molecule has 0 saturated carbocycles. The number of sulfonamides is 1. The van der Waals surface area contributed by atoms with E-state index in [0.717, 1.165) is 6.42 Å². The van der Waals surface area contributed by atoms with E-state index >= 15 is 0 Å². The predicted octanol–water partition coefficient (Wildman–Crippen LogP) is 4.00. The van der Waals surface area contributed by atoms with E-state index < -0.39 is 21.7 Å². The SMILES string of the molecule is CC1C=C(S(=O)(=O)Nc2nc3ccccc3nc2Nc2ccc(O)c(C(=O)O)c2)C=CC1. The first-order valence-corrected chi connectivity index (χ1v) is 11.2. The third kappa shape index (κ3) is 4.40. The van der Waals surface area contributed by atoms with Gasteiger partial charge in [0.15, 0.2) is 11.6 Å². The molecular formula is C22H20N4O5S. The van der Waals surface area contributed by atoms with Gasteiger partial charge in [-0.1, -0.05) is 31.2 Å². The number of carboxylic acids is 1. The molecule has 164 valence electrons. The molecule has 1 aliphatic carbocycles. The molecule has 4 rings (SSSR count). The van der Waals surface area contributed by atoms with Crippen LogP contribution in [0.4, 0.5) is 17.3 Å². The molecule has 9 nitrogen and oxygen atoms in total.